The fraction of sp³-hybridized carbons (Fsp3) is 0.278. The maximum absolute atomic E-state index is 6.55. The molecule has 0 spiro atoms. The van der Waals surface area contributed by atoms with Crippen LogP contribution in [0.2, 0.25) is 6.04 Å². The van der Waals surface area contributed by atoms with Crippen molar-refractivity contribution in [2.75, 3.05) is 0 Å². The molecule has 0 saturated heterocycles. The summed E-state index contributed by atoms with van der Waals surface area (Å²) < 4.78 is 6.55. The van der Waals surface area contributed by atoms with Crippen molar-refractivity contribution in [2.24, 2.45) is 0 Å². The van der Waals surface area contributed by atoms with Gasteiger partial charge in [-0.25, -0.2) is 0 Å². The minimum atomic E-state index is -2.17. The van der Waals surface area contributed by atoms with Gasteiger partial charge in [-0.15, -0.1) is 0 Å². The van der Waals surface area contributed by atoms with Gasteiger partial charge in [-0.1, -0.05) is 66.7 Å². The molecular weight excluding hydrogens is 320 g/mol. The minimum absolute atomic E-state index is 0. The van der Waals surface area contributed by atoms with E-state index >= 15 is 0 Å². The van der Waals surface area contributed by atoms with E-state index in [1.165, 1.54) is 10.4 Å². The number of benzene rings is 2. The van der Waals surface area contributed by atoms with Crippen LogP contribution < -0.4 is 22.8 Å². The molecule has 0 fully saturated rings. The van der Waals surface area contributed by atoms with Crippen LogP contribution in [0, 0.1) is 6.92 Å². The molecule has 0 bridgehead atoms. The van der Waals surface area contributed by atoms with Crippen molar-refractivity contribution in [3.63, 3.8) is 0 Å². The van der Waals surface area contributed by atoms with Crippen LogP contribution in [0.15, 0.2) is 60.7 Å². The number of hydrogen-bond acceptors (Lipinski definition) is 1. The second-order valence-electron chi connectivity index (χ2n) is 5.33. The standard InChI is InChI=1S/C18H23OSi.ClH.Mg/c1-4-15-20(19-16(2)3,17-11-7-5-8-12-17)18-13-9-6-10-14-18;;/h5-14,16H,1,4,15H2,2-3H3;1H;/q-1;;+2/p-1. The van der Waals surface area contributed by atoms with Crippen molar-refractivity contribution in [3.8, 4) is 0 Å². The van der Waals surface area contributed by atoms with Crippen LogP contribution >= 0.6 is 0 Å². The van der Waals surface area contributed by atoms with E-state index < -0.39 is 8.32 Å². The van der Waals surface area contributed by atoms with Gasteiger partial charge in [0.25, 0.3) is 8.32 Å². The minimum Gasteiger partial charge on any atom is -1.00 e. The van der Waals surface area contributed by atoms with E-state index in [1.807, 2.05) is 0 Å². The van der Waals surface area contributed by atoms with Crippen LogP contribution in [0.25, 0.3) is 0 Å². The Morgan fingerprint density at radius 2 is 1.32 bits per heavy atom. The predicted octanol–water partition coefficient (Wildman–Crippen LogP) is 0.0187. The maximum Gasteiger partial charge on any atom is 2.00 e. The summed E-state index contributed by atoms with van der Waals surface area (Å²) in [6.45, 7) is 8.33. The fourth-order valence-electron chi connectivity index (χ4n) is 2.72. The molecule has 4 heteroatoms. The Balaban J connectivity index is 0.00000220. The van der Waals surface area contributed by atoms with Gasteiger partial charge in [0.1, 0.15) is 0 Å². The molecular formula is C18H23ClMgOSi. The first kappa shape index (κ1) is 21.7. The molecule has 2 aromatic carbocycles. The molecule has 0 atom stereocenters. The zero-order chi connectivity index (χ0) is 14.4. The average Bonchev–Trinajstić information content (AvgIpc) is 2.48. The van der Waals surface area contributed by atoms with Gasteiger partial charge < -0.3 is 23.8 Å². The van der Waals surface area contributed by atoms with Gasteiger partial charge in [0.05, 0.1) is 0 Å². The summed E-state index contributed by atoms with van der Waals surface area (Å²) in [5.74, 6) is 0. The van der Waals surface area contributed by atoms with Gasteiger partial charge in [-0.05, 0) is 24.2 Å². The molecule has 1 nitrogen and oxygen atoms in total. The van der Waals surface area contributed by atoms with Gasteiger partial charge in [0, 0.05) is 6.10 Å². The SMILES string of the molecule is [CH2-]CC[Si](OC(C)C)(c1ccccc1)c1ccccc1.[Cl-].[Mg+2]. The summed E-state index contributed by atoms with van der Waals surface area (Å²) >= 11 is 0. The van der Waals surface area contributed by atoms with E-state index in [1.54, 1.807) is 0 Å². The molecule has 2 aromatic rings. The van der Waals surface area contributed by atoms with Crippen molar-refractivity contribution < 1.29 is 16.8 Å². The molecule has 22 heavy (non-hydrogen) atoms. The molecule has 0 aromatic heterocycles. The molecule has 0 N–H and O–H groups in total. The van der Waals surface area contributed by atoms with Crippen LogP contribution in [-0.4, -0.2) is 37.5 Å². The molecule has 0 aliphatic carbocycles. The first-order valence-electron chi connectivity index (χ1n) is 7.27. The van der Waals surface area contributed by atoms with Crippen molar-refractivity contribution in [1.82, 2.24) is 0 Å². The molecule has 0 unspecified atom stereocenters. The van der Waals surface area contributed by atoms with Gasteiger partial charge in [-0.3, -0.25) is 0 Å². The van der Waals surface area contributed by atoms with Crippen molar-refractivity contribution in [3.05, 3.63) is 67.6 Å². The van der Waals surface area contributed by atoms with Gasteiger partial charge in [0.15, 0.2) is 0 Å². The molecule has 0 aliphatic heterocycles. The summed E-state index contributed by atoms with van der Waals surface area (Å²) in [6.07, 6.45) is 1.11. The third kappa shape index (κ3) is 5.10. The number of hydrogen-bond donors (Lipinski definition) is 0. The molecule has 0 aliphatic rings. The Labute approximate surface area is 158 Å². The third-order valence-electron chi connectivity index (χ3n) is 3.45. The van der Waals surface area contributed by atoms with E-state index in [4.69, 9.17) is 4.43 Å². The summed E-state index contributed by atoms with van der Waals surface area (Å²) in [6, 6.07) is 22.4. The molecule has 0 radical (unpaired) electrons. The molecule has 0 amide bonds. The Kier molecular flexibility index (Phi) is 10.3. The van der Waals surface area contributed by atoms with E-state index in [-0.39, 0.29) is 41.6 Å². The smallest absolute Gasteiger partial charge is 1.00 e. The Morgan fingerprint density at radius 1 is 0.909 bits per heavy atom. The Morgan fingerprint density at radius 3 is 1.64 bits per heavy atom. The van der Waals surface area contributed by atoms with Crippen molar-refractivity contribution in [2.45, 2.75) is 32.4 Å². The second kappa shape index (κ2) is 10.4. The van der Waals surface area contributed by atoms with Crippen LogP contribution in [0.3, 0.4) is 0 Å². The van der Waals surface area contributed by atoms with Crippen LogP contribution in [0.4, 0.5) is 0 Å². The summed E-state index contributed by atoms with van der Waals surface area (Å²) in [5.41, 5.74) is 0. The van der Waals surface area contributed by atoms with Crippen LogP contribution in [0.1, 0.15) is 20.3 Å². The van der Waals surface area contributed by atoms with Gasteiger partial charge >= 0.3 is 23.1 Å². The van der Waals surface area contributed by atoms with Crippen molar-refractivity contribution in [1.29, 1.82) is 0 Å². The topological polar surface area (TPSA) is 9.23 Å². The maximum atomic E-state index is 6.55. The normalized spacial score (nSPS) is 10.7. The largest absolute Gasteiger partial charge is 2.00 e. The van der Waals surface area contributed by atoms with Gasteiger partial charge in [0.2, 0.25) is 0 Å². The Bertz CT molecular complexity index is 480. The predicted molar refractivity (Wildman–Crippen MR) is 94.7 cm³/mol. The molecule has 0 heterocycles. The second-order valence-corrected chi connectivity index (χ2v) is 8.87. The first-order chi connectivity index (χ1) is 9.69. The number of rotatable bonds is 6. The zero-order valence-corrected chi connectivity index (χ0v) is 16.6. The molecule has 2 rings (SSSR count). The fourth-order valence-corrected chi connectivity index (χ4v) is 6.78. The molecule has 114 valence electrons. The van der Waals surface area contributed by atoms with E-state index in [2.05, 4.69) is 81.4 Å². The first-order valence-corrected chi connectivity index (χ1v) is 9.38. The zero-order valence-electron chi connectivity index (χ0n) is 13.5. The Hall–Kier alpha value is -0.327. The third-order valence-corrected chi connectivity index (χ3v) is 7.91. The molecule has 0 saturated carbocycles. The van der Waals surface area contributed by atoms with Crippen molar-refractivity contribution >= 4 is 41.7 Å². The number of halogens is 1. The van der Waals surface area contributed by atoms with E-state index in [0.29, 0.717) is 0 Å². The quantitative estimate of drug-likeness (QED) is 0.531. The summed E-state index contributed by atoms with van der Waals surface area (Å²) in [7, 11) is -2.17. The monoisotopic (exact) mass is 342 g/mol. The van der Waals surface area contributed by atoms with E-state index in [9.17, 15) is 0 Å². The summed E-state index contributed by atoms with van der Waals surface area (Å²) in [4.78, 5) is 0. The van der Waals surface area contributed by atoms with E-state index in [0.717, 1.165) is 12.5 Å². The summed E-state index contributed by atoms with van der Waals surface area (Å²) in [5, 5.41) is 2.67. The van der Waals surface area contributed by atoms with Crippen LogP contribution in [0.5, 0.6) is 0 Å². The average molecular weight is 343 g/mol. The van der Waals surface area contributed by atoms with Gasteiger partial charge in [-0.2, -0.15) is 6.42 Å². The van der Waals surface area contributed by atoms with Crippen LogP contribution in [-0.2, 0) is 4.43 Å².